The Morgan fingerprint density at radius 3 is 2.84 bits per heavy atom. The molecule has 0 bridgehead atoms. The van der Waals surface area contributed by atoms with Crippen LogP contribution in [0.2, 0.25) is 0 Å². The summed E-state index contributed by atoms with van der Waals surface area (Å²) in [7, 11) is 1.65. The first-order valence-corrected chi connectivity index (χ1v) is 6.73. The zero-order valence-electron chi connectivity index (χ0n) is 11.4. The summed E-state index contributed by atoms with van der Waals surface area (Å²) < 4.78 is 10.4. The minimum atomic E-state index is 0.192. The molecule has 2 rings (SSSR count). The molecule has 1 atom stereocenters. The Balaban J connectivity index is 1.72. The van der Waals surface area contributed by atoms with E-state index in [2.05, 4.69) is 5.32 Å². The number of aryl methyl sites for hydroxylation is 1. The SMILES string of the molecule is COc1ccc(CCC(=O)CC2COCCN2)cc1. The van der Waals surface area contributed by atoms with Crippen molar-refractivity contribution in [3.05, 3.63) is 29.8 Å². The summed E-state index contributed by atoms with van der Waals surface area (Å²) in [5, 5.41) is 3.30. The zero-order chi connectivity index (χ0) is 13.5. The number of hydrogen-bond acceptors (Lipinski definition) is 4. The molecule has 0 amide bonds. The van der Waals surface area contributed by atoms with Gasteiger partial charge in [0.05, 0.1) is 20.3 Å². The van der Waals surface area contributed by atoms with Crippen LogP contribution in [0.25, 0.3) is 0 Å². The van der Waals surface area contributed by atoms with Gasteiger partial charge in [-0.1, -0.05) is 12.1 Å². The lowest BCUT2D eigenvalue weighted by Crippen LogP contribution is -2.42. The molecular formula is C15H21NO3. The molecule has 1 aromatic carbocycles. The molecule has 1 heterocycles. The number of ketones is 1. The summed E-state index contributed by atoms with van der Waals surface area (Å²) in [6.07, 6.45) is 1.94. The maximum absolute atomic E-state index is 11.9. The number of rotatable bonds is 6. The highest BCUT2D eigenvalue weighted by molar-refractivity contribution is 5.79. The molecule has 1 aliphatic heterocycles. The third-order valence-corrected chi connectivity index (χ3v) is 3.32. The van der Waals surface area contributed by atoms with Crippen LogP contribution in [0.3, 0.4) is 0 Å². The smallest absolute Gasteiger partial charge is 0.134 e. The van der Waals surface area contributed by atoms with Gasteiger partial charge in [0, 0.05) is 25.4 Å². The molecule has 1 saturated heterocycles. The first-order valence-electron chi connectivity index (χ1n) is 6.73. The van der Waals surface area contributed by atoms with E-state index in [1.165, 1.54) is 5.56 Å². The largest absolute Gasteiger partial charge is 0.497 e. The molecule has 19 heavy (non-hydrogen) atoms. The van der Waals surface area contributed by atoms with Gasteiger partial charge in [0.1, 0.15) is 11.5 Å². The van der Waals surface area contributed by atoms with Gasteiger partial charge in [-0.05, 0) is 24.1 Å². The van der Waals surface area contributed by atoms with E-state index in [0.717, 1.165) is 25.3 Å². The Morgan fingerprint density at radius 2 is 2.21 bits per heavy atom. The molecule has 1 fully saturated rings. The molecule has 1 unspecified atom stereocenters. The second kappa shape index (κ2) is 7.26. The van der Waals surface area contributed by atoms with E-state index in [4.69, 9.17) is 9.47 Å². The van der Waals surface area contributed by atoms with E-state index < -0.39 is 0 Å². The number of benzene rings is 1. The molecule has 0 saturated carbocycles. The lowest BCUT2D eigenvalue weighted by atomic mass is 10.0. The van der Waals surface area contributed by atoms with Gasteiger partial charge in [-0.3, -0.25) is 4.79 Å². The summed E-state index contributed by atoms with van der Waals surface area (Å²) in [4.78, 5) is 11.9. The van der Waals surface area contributed by atoms with Crippen LogP contribution in [0.4, 0.5) is 0 Å². The van der Waals surface area contributed by atoms with Crippen molar-refractivity contribution in [2.24, 2.45) is 0 Å². The number of methoxy groups -OCH3 is 1. The topological polar surface area (TPSA) is 47.6 Å². The molecule has 1 aliphatic rings. The highest BCUT2D eigenvalue weighted by atomic mass is 16.5. The Hall–Kier alpha value is -1.39. The summed E-state index contributed by atoms with van der Waals surface area (Å²) in [6, 6.07) is 8.06. The molecule has 0 radical (unpaired) electrons. The lowest BCUT2D eigenvalue weighted by molar-refractivity contribution is -0.120. The Bertz CT molecular complexity index is 396. The van der Waals surface area contributed by atoms with Crippen molar-refractivity contribution in [3.63, 3.8) is 0 Å². The van der Waals surface area contributed by atoms with Crippen LogP contribution in [-0.2, 0) is 16.0 Å². The predicted molar refractivity (Wildman–Crippen MR) is 73.5 cm³/mol. The van der Waals surface area contributed by atoms with Crippen LogP contribution in [0.1, 0.15) is 18.4 Å². The van der Waals surface area contributed by atoms with Gasteiger partial charge < -0.3 is 14.8 Å². The first kappa shape index (κ1) is 14.0. The fourth-order valence-electron chi connectivity index (χ4n) is 2.20. The monoisotopic (exact) mass is 263 g/mol. The molecule has 4 nitrogen and oxygen atoms in total. The van der Waals surface area contributed by atoms with Crippen LogP contribution < -0.4 is 10.1 Å². The van der Waals surface area contributed by atoms with Crippen LogP contribution in [0, 0.1) is 0 Å². The number of hydrogen-bond donors (Lipinski definition) is 1. The van der Waals surface area contributed by atoms with E-state index in [1.54, 1.807) is 7.11 Å². The van der Waals surface area contributed by atoms with Gasteiger partial charge in [-0.2, -0.15) is 0 Å². The Labute approximate surface area is 114 Å². The molecule has 0 aliphatic carbocycles. The summed E-state index contributed by atoms with van der Waals surface area (Å²) in [6.45, 7) is 2.24. The Morgan fingerprint density at radius 1 is 1.42 bits per heavy atom. The van der Waals surface area contributed by atoms with Crippen molar-refractivity contribution in [3.8, 4) is 5.75 Å². The number of morpholine rings is 1. The van der Waals surface area contributed by atoms with Gasteiger partial charge in [-0.25, -0.2) is 0 Å². The summed E-state index contributed by atoms with van der Waals surface area (Å²) in [5.41, 5.74) is 1.17. The van der Waals surface area contributed by atoms with E-state index in [-0.39, 0.29) is 6.04 Å². The van der Waals surface area contributed by atoms with Crippen molar-refractivity contribution in [2.45, 2.75) is 25.3 Å². The van der Waals surface area contributed by atoms with Gasteiger partial charge >= 0.3 is 0 Å². The fraction of sp³-hybridized carbons (Fsp3) is 0.533. The molecule has 104 valence electrons. The van der Waals surface area contributed by atoms with Crippen molar-refractivity contribution < 1.29 is 14.3 Å². The van der Waals surface area contributed by atoms with Crippen molar-refractivity contribution in [1.29, 1.82) is 0 Å². The summed E-state index contributed by atoms with van der Waals surface area (Å²) in [5.74, 6) is 1.14. The molecular weight excluding hydrogens is 242 g/mol. The lowest BCUT2D eigenvalue weighted by Gasteiger charge is -2.23. The zero-order valence-corrected chi connectivity index (χ0v) is 11.4. The third kappa shape index (κ3) is 4.65. The van der Waals surface area contributed by atoms with E-state index in [1.807, 2.05) is 24.3 Å². The molecule has 0 spiro atoms. The first-order chi connectivity index (χ1) is 9.28. The van der Waals surface area contributed by atoms with Crippen LogP contribution in [0.15, 0.2) is 24.3 Å². The molecule has 1 aromatic rings. The van der Waals surface area contributed by atoms with Gasteiger partial charge in [0.2, 0.25) is 0 Å². The predicted octanol–water partition coefficient (Wildman–Crippen LogP) is 1.58. The number of carbonyl (C=O) groups is 1. The number of ether oxygens (including phenoxy) is 2. The summed E-state index contributed by atoms with van der Waals surface area (Å²) >= 11 is 0. The van der Waals surface area contributed by atoms with Gasteiger partial charge in [0.25, 0.3) is 0 Å². The van der Waals surface area contributed by atoms with Crippen LogP contribution >= 0.6 is 0 Å². The second-order valence-electron chi connectivity index (χ2n) is 4.82. The van der Waals surface area contributed by atoms with Gasteiger partial charge in [0.15, 0.2) is 0 Å². The van der Waals surface area contributed by atoms with Crippen LogP contribution in [-0.4, -0.2) is 38.7 Å². The van der Waals surface area contributed by atoms with E-state index in [9.17, 15) is 4.79 Å². The number of nitrogens with one attached hydrogen (secondary N) is 1. The normalized spacial score (nSPS) is 19.1. The number of carbonyl (C=O) groups excluding carboxylic acids is 1. The minimum absolute atomic E-state index is 0.192. The molecule has 1 N–H and O–H groups in total. The van der Waals surface area contributed by atoms with Gasteiger partial charge in [-0.15, -0.1) is 0 Å². The Kier molecular flexibility index (Phi) is 5.36. The van der Waals surface area contributed by atoms with Crippen LogP contribution in [0.5, 0.6) is 5.75 Å². The molecule has 0 aromatic heterocycles. The minimum Gasteiger partial charge on any atom is -0.497 e. The standard InChI is InChI=1S/C15H21NO3/c1-18-15-6-3-12(4-7-15)2-5-14(17)10-13-11-19-9-8-16-13/h3-4,6-7,13,16H,2,5,8-11H2,1H3. The van der Waals surface area contributed by atoms with Crippen molar-refractivity contribution >= 4 is 5.78 Å². The maximum atomic E-state index is 11.9. The second-order valence-corrected chi connectivity index (χ2v) is 4.82. The number of Topliss-reactive ketones (excluding diaryl/α,β-unsaturated/α-hetero) is 1. The maximum Gasteiger partial charge on any atom is 0.134 e. The fourth-order valence-corrected chi connectivity index (χ4v) is 2.20. The quantitative estimate of drug-likeness (QED) is 0.846. The highest BCUT2D eigenvalue weighted by Gasteiger charge is 2.16. The highest BCUT2D eigenvalue weighted by Crippen LogP contribution is 2.13. The van der Waals surface area contributed by atoms with E-state index >= 15 is 0 Å². The van der Waals surface area contributed by atoms with Crippen molar-refractivity contribution in [1.82, 2.24) is 5.32 Å². The average Bonchev–Trinajstić information content (AvgIpc) is 2.47. The van der Waals surface area contributed by atoms with E-state index in [0.29, 0.717) is 25.2 Å². The van der Waals surface area contributed by atoms with Crippen molar-refractivity contribution in [2.75, 3.05) is 26.9 Å². The third-order valence-electron chi connectivity index (χ3n) is 3.32. The molecule has 4 heteroatoms. The average molecular weight is 263 g/mol.